The summed E-state index contributed by atoms with van der Waals surface area (Å²) in [4.78, 5) is 36.7. The van der Waals surface area contributed by atoms with Gasteiger partial charge in [0.2, 0.25) is 0 Å². The van der Waals surface area contributed by atoms with Crippen LogP contribution >= 0.6 is 0 Å². The quantitative estimate of drug-likeness (QED) is 0.618. The molecule has 7 heteroatoms. The minimum atomic E-state index is -0.932. The lowest BCUT2D eigenvalue weighted by molar-refractivity contribution is -0.130. The van der Waals surface area contributed by atoms with E-state index in [2.05, 4.69) is 15.7 Å². The number of hydrogen-bond donors (Lipinski definition) is 2. The van der Waals surface area contributed by atoms with E-state index in [1.165, 1.54) is 6.21 Å². The van der Waals surface area contributed by atoms with E-state index in [1.807, 2.05) is 26.0 Å². The molecule has 2 aromatic rings. The molecule has 1 aliphatic heterocycles. The van der Waals surface area contributed by atoms with Crippen molar-refractivity contribution in [3.05, 3.63) is 65.2 Å². The van der Waals surface area contributed by atoms with Crippen LogP contribution in [0.4, 0.5) is 10.5 Å². The average molecular weight is 378 g/mol. The zero-order chi connectivity index (χ0) is 20.3. The van der Waals surface area contributed by atoms with Gasteiger partial charge in [-0.2, -0.15) is 5.10 Å². The number of hydrazone groups is 1. The molecule has 0 radical (unpaired) electrons. The maximum absolute atomic E-state index is 12.4. The molecule has 0 spiro atoms. The van der Waals surface area contributed by atoms with E-state index in [-0.39, 0.29) is 11.8 Å². The second-order valence-corrected chi connectivity index (χ2v) is 6.92. The van der Waals surface area contributed by atoms with Crippen LogP contribution in [0.5, 0.6) is 0 Å². The Hall–Kier alpha value is -3.48. The van der Waals surface area contributed by atoms with E-state index in [4.69, 9.17) is 0 Å². The third-order valence-corrected chi connectivity index (χ3v) is 4.73. The molecule has 2 aromatic carbocycles. The molecule has 1 aliphatic rings. The van der Waals surface area contributed by atoms with Crippen LogP contribution in [0.2, 0.25) is 0 Å². The average Bonchev–Trinajstić information content (AvgIpc) is 2.90. The lowest BCUT2D eigenvalue weighted by atomic mass is 10.00. The highest BCUT2D eigenvalue weighted by molar-refractivity contribution is 6.07. The number of aryl methyl sites for hydroxylation is 1. The smallest absolute Gasteiger partial charge is 0.322 e. The molecule has 2 N–H and O–H groups in total. The predicted octanol–water partition coefficient (Wildman–Crippen LogP) is 3.30. The molecule has 28 heavy (non-hydrogen) atoms. The van der Waals surface area contributed by atoms with Gasteiger partial charge in [0.1, 0.15) is 5.54 Å². The van der Waals surface area contributed by atoms with E-state index in [1.54, 1.807) is 43.3 Å². The molecule has 0 aliphatic carbocycles. The summed E-state index contributed by atoms with van der Waals surface area (Å²) in [6.45, 7) is 5.45. The maximum atomic E-state index is 12.4. The first kappa shape index (κ1) is 19.3. The van der Waals surface area contributed by atoms with Crippen molar-refractivity contribution in [2.75, 3.05) is 5.32 Å². The van der Waals surface area contributed by atoms with E-state index in [9.17, 15) is 14.4 Å². The van der Waals surface area contributed by atoms with E-state index in [0.29, 0.717) is 23.2 Å². The van der Waals surface area contributed by atoms with Gasteiger partial charge < -0.3 is 10.6 Å². The van der Waals surface area contributed by atoms with Gasteiger partial charge >= 0.3 is 6.03 Å². The molecule has 1 atom stereocenters. The molecular formula is C21H22N4O3. The minimum absolute atomic E-state index is 0.220. The summed E-state index contributed by atoms with van der Waals surface area (Å²) in [5.74, 6) is -0.609. The Bertz CT molecular complexity index is 952. The molecule has 1 saturated heterocycles. The summed E-state index contributed by atoms with van der Waals surface area (Å²) < 4.78 is 0. The largest absolute Gasteiger partial charge is 0.346 e. The predicted molar refractivity (Wildman–Crippen MR) is 107 cm³/mol. The van der Waals surface area contributed by atoms with E-state index >= 15 is 0 Å². The van der Waals surface area contributed by atoms with Crippen LogP contribution in [0, 0.1) is 6.92 Å². The fourth-order valence-electron chi connectivity index (χ4n) is 2.74. The summed E-state index contributed by atoms with van der Waals surface area (Å²) in [7, 11) is 0. The highest BCUT2D eigenvalue weighted by Crippen LogP contribution is 2.21. The van der Waals surface area contributed by atoms with Crippen LogP contribution in [-0.2, 0) is 4.79 Å². The summed E-state index contributed by atoms with van der Waals surface area (Å²) in [6.07, 6.45) is 1.89. The van der Waals surface area contributed by atoms with Crippen LogP contribution in [0.15, 0.2) is 53.6 Å². The zero-order valence-electron chi connectivity index (χ0n) is 16.0. The highest BCUT2D eigenvalue weighted by atomic mass is 16.2. The number of nitrogens with zero attached hydrogens (tertiary/aromatic N) is 2. The number of carbonyl (C=O) groups excluding carboxylic acids is 3. The number of rotatable bonds is 5. The first-order valence-electron chi connectivity index (χ1n) is 9.01. The maximum Gasteiger partial charge on any atom is 0.346 e. The van der Waals surface area contributed by atoms with Gasteiger partial charge in [-0.15, -0.1) is 5.01 Å². The molecule has 3 rings (SSSR count). The number of amides is 4. The van der Waals surface area contributed by atoms with Crippen molar-refractivity contribution in [3.63, 3.8) is 0 Å². The van der Waals surface area contributed by atoms with Crippen LogP contribution in [0.3, 0.4) is 0 Å². The van der Waals surface area contributed by atoms with Gasteiger partial charge in [0.05, 0.1) is 6.21 Å². The molecule has 1 fully saturated rings. The third-order valence-electron chi connectivity index (χ3n) is 4.73. The molecule has 4 amide bonds. The first-order valence-corrected chi connectivity index (χ1v) is 9.01. The summed E-state index contributed by atoms with van der Waals surface area (Å²) in [6, 6.07) is 13.7. The van der Waals surface area contributed by atoms with Gasteiger partial charge in [-0.1, -0.05) is 36.8 Å². The number of imide groups is 1. The van der Waals surface area contributed by atoms with Gasteiger partial charge in [0, 0.05) is 11.3 Å². The number of urea groups is 1. The normalized spacial score (nSPS) is 19.2. The van der Waals surface area contributed by atoms with Crippen molar-refractivity contribution in [1.29, 1.82) is 0 Å². The molecular weight excluding hydrogens is 356 g/mol. The standard InChI is InChI=1S/C21H22N4O3/c1-4-21(3)19(27)25(20(28)24-21)22-13-15-6-5-7-17(12-15)23-18(26)16-10-8-14(2)9-11-16/h5-13H,4H2,1-3H3,(H,23,26)(H,24,28)/b22-13-/t21-/m0/s1. The van der Waals surface area contributed by atoms with Crippen LogP contribution < -0.4 is 10.6 Å². The lowest BCUT2D eigenvalue weighted by Crippen LogP contribution is -2.42. The Morgan fingerprint density at radius 2 is 1.93 bits per heavy atom. The summed E-state index contributed by atoms with van der Waals surface area (Å²) in [5, 5.41) is 10.3. The molecule has 0 saturated carbocycles. The van der Waals surface area contributed by atoms with E-state index < -0.39 is 11.6 Å². The van der Waals surface area contributed by atoms with Crippen molar-refractivity contribution in [3.8, 4) is 0 Å². The fourth-order valence-corrected chi connectivity index (χ4v) is 2.74. The molecule has 7 nitrogen and oxygen atoms in total. The number of benzene rings is 2. The molecule has 144 valence electrons. The van der Waals surface area contributed by atoms with Gasteiger partial charge in [0.25, 0.3) is 11.8 Å². The summed E-state index contributed by atoms with van der Waals surface area (Å²) in [5.41, 5.74) is 1.94. The second kappa shape index (κ2) is 7.64. The minimum Gasteiger partial charge on any atom is -0.322 e. The van der Waals surface area contributed by atoms with Crippen LogP contribution in [-0.4, -0.2) is 34.6 Å². The molecule has 1 heterocycles. The number of nitrogens with one attached hydrogen (secondary N) is 2. The highest BCUT2D eigenvalue weighted by Gasteiger charge is 2.46. The topological polar surface area (TPSA) is 90.9 Å². The van der Waals surface area contributed by atoms with Gasteiger partial charge in [-0.05, 0) is 50.1 Å². The Balaban J connectivity index is 1.72. The van der Waals surface area contributed by atoms with Gasteiger partial charge in [-0.25, -0.2) is 4.79 Å². The Morgan fingerprint density at radius 1 is 1.21 bits per heavy atom. The summed E-state index contributed by atoms with van der Waals surface area (Å²) >= 11 is 0. The molecule has 0 unspecified atom stereocenters. The van der Waals surface area contributed by atoms with Crippen molar-refractivity contribution >= 4 is 29.7 Å². The number of hydrogen-bond acceptors (Lipinski definition) is 4. The van der Waals surface area contributed by atoms with Crippen LogP contribution in [0.1, 0.15) is 41.8 Å². The fraction of sp³-hybridized carbons (Fsp3) is 0.238. The Kier molecular flexibility index (Phi) is 5.26. The van der Waals surface area contributed by atoms with Crippen molar-refractivity contribution in [2.45, 2.75) is 32.7 Å². The van der Waals surface area contributed by atoms with Crippen molar-refractivity contribution in [2.24, 2.45) is 5.10 Å². The van der Waals surface area contributed by atoms with Crippen molar-refractivity contribution in [1.82, 2.24) is 10.3 Å². The second-order valence-electron chi connectivity index (χ2n) is 6.92. The molecule has 0 bridgehead atoms. The number of anilines is 1. The van der Waals surface area contributed by atoms with E-state index in [0.717, 1.165) is 10.6 Å². The number of carbonyl (C=O) groups is 3. The van der Waals surface area contributed by atoms with Crippen LogP contribution in [0.25, 0.3) is 0 Å². The van der Waals surface area contributed by atoms with Gasteiger partial charge in [0.15, 0.2) is 0 Å². The lowest BCUT2D eigenvalue weighted by Gasteiger charge is -2.17. The van der Waals surface area contributed by atoms with Gasteiger partial charge in [-0.3, -0.25) is 9.59 Å². The Morgan fingerprint density at radius 3 is 2.57 bits per heavy atom. The Labute approximate surface area is 163 Å². The zero-order valence-corrected chi connectivity index (χ0v) is 16.0. The molecule has 0 aromatic heterocycles. The first-order chi connectivity index (χ1) is 13.3. The van der Waals surface area contributed by atoms with Crippen molar-refractivity contribution < 1.29 is 14.4 Å². The third kappa shape index (κ3) is 3.93. The SMILES string of the molecule is CC[C@]1(C)NC(=O)N(/N=C\c2cccc(NC(=O)c3ccc(C)cc3)c2)C1=O. The monoisotopic (exact) mass is 378 g/mol.